The zero-order valence-corrected chi connectivity index (χ0v) is 18.2. The molecule has 2 heterocycles. The van der Waals surface area contributed by atoms with Crippen LogP contribution in [0, 0.1) is 11.7 Å². The molecule has 3 rings (SSSR count). The zero-order valence-electron chi connectivity index (χ0n) is 16.7. The number of carbonyl (C=O) groups is 2. The van der Waals surface area contributed by atoms with Crippen molar-refractivity contribution in [2.75, 3.05) is 24.7 Å². The molecule has 1 aromatic carbocycles. The predicted octanol–water partition coefficient (Wildman–Crippen LogP) is 3.69. The van der Waals surface area contributed by atoms with Crippen LogP contribution in [0.5, 0.6) is 5.75 Å². The molecule has 2 amide bonds. The van der Waals surface area contributed by atoms with Crippen LogP contribution in [0.4, 0.5) is 19.0 Å². The van der Waals surface area contributed by atoms with Gasteiger partial charge in [0.1, 0.15) is 18.5 Å². The molecule has 2 unspecified atom stereocenters. The van der Waals surface area contributed by atoms with Crippen LogP contribution in [0.2, 0.25) is 10.0 Å². The molecule has 0 bridgehead atoms. The molecule has 2 atom stereocenters. The fraction of sp³-hybridized carbons (Fsp3) is 0.350. The molecule has 2 aromatic rings. The molecule has 172 valence electrons. The van der Waals surface area contributed by atoms with Crippen molar-refractivity contribution < 1.29 is 32.2 Å². The summed E-state index contributed by atoms with van der Waals surface area (Å²) < 4.78 is 50.4. The fourth-order valence-corrected chi connectivity index (χ4v) is 3.77. The average Bonchev–Trinajstić information content (AvgIpc) is 2.67. The van der Waals surface area contributed by atoms with E-state index in [2.05, 4.69) is 4.98 Å². The third-order valence-electron chi connectivity index (χ3n) is 4.75. The number of hydrogen-bond donors (Lipinski definition) is 1. The lowest BCUT2D eigenvalue weighted by atomic mass is 9.95. The molecular weight excluding hydrogens is 474 g/mol. The quantitative estimate of drug-likeness (QED) is 0.607. The second-order valence-electron chi connectivity index (χ2n) is 6.84. The van der Waals surface area contributed by atoms with Crippen LogP contribution in [0.25, 0.3) is 11.1 Å². The van der Waals surface area contributed by atoms with Crippen molar-refractivity contribution in [3.8, 4) is 16.9 Å². The number of carbonyl (C=O) groups excluding carboxylic acids is 2. The van der Waals surface area contributed by atoms with Gasteiger partial charge in [-0.3, -0.25) is 14.5 Å². The number of ether oxygens (including phenoxy) is 2. The molecule has 0 aliphatic carbocycles. The fourth-order valence-electron chi connectivity index (χ4n) is 3.22. The summed E-state index contributed by atoms with van der Waals surface area (Å²) in [6.07, 6.45) is -2.60. The summed E-state index contributed by atoms with van der Waals surface area (Å²) in [7, 11) is 0. The number of benzene rings is 1. The second kappa shape index (κ2) is 9.93. The van der Waals surface area contributed by atoms with E-state index in [0.29, 0.717) is 0 Å². The van der Waals surface area contributed by atoms with E-state index >= 15 is 4.39 Å². The number of aromatic nitrogens is 1. The van der Waals surface area contributed by atoms with Crippen molar-refractivity contribution >= 4 is 40.8 Å². The standard InChI is InChI=1S/C20H18Cl2F3N3O4/c1-2-28(20(30)12-7-31-17(12)18(26)29)19-14(23)3-9(6-27-19)11-4-10(21)5-13(22)16(11)32-8-15(24)25/h3-6,12,15,17H,2,7-8H2,1H3,(H2,26,29). The lowest BCUT2D eigenvalue weighted by Gasteiger charge is -2.36. The molecule has 0 radical (unpaired) electrons. The van der Waals surface area contributed by atoms with E-state index in [1.807, 2.05) is 0 Å². The number of alkyl halides is 2. The van der Waals surface area contributed by atoms with Gasteiger partial charge in [-0.25, -0.2) is 18.2 Å². The summed E-state index contributed by atoms with van der Waals surface area (Å²) in [6, 6.07) is 3.73. The van der Waals surface area contributed by atoms with E-state index in [0.717, 1.165) is 11.0 Å². The van der Waals surface area contributed by atoms with E-state index in [9.17, 15) is 18.4 Å². The predicted molar refractivity (Wildman–Crippen MR) is 112 cm³/mol. The lowest BCUT2D eigenvalue weighted by Crippen LogP contribution is -2.56. The van der Waals surface area contributed by atoms with Crippen LogP contribution < -0.4 is 15.4 Å². The summed E-state index contributed by atoms with van der Waals surface area (Å²) in [5, 5.41) is 0.136. The number of pyridine rings is 1. The van der Waals surface area contributed by atoms with Gasteiger partial charge in [0.05, 0.1) is 17.5 Å². The molecule has 1 saturated heterocycles. The molecule has 1 fully saturated rings. The van der Waals surface area contributed by atoms with Crippen molar-refractivity contribution in [2.45, 2.75) is 19.5 Å². The molecule has 1 aliphatic heterocycles. The topological polar surface area (TPSA) is 94.8 Å². The Hall–Kier alpha value is -2.56. The van der Waals surface area contributed by atoms with E-state index in [4.69, 9.17) is 38.4 Å². The van der Waals surface area contributed by atoms with Crippen LogP contribution in [0.15, 0.2) is 24.4 Å². The first-order chi connectivity index (χ1) is 15.1. The molecule has 12 heteroatoms. The van der Waals surface area contributed by atoms with Crippen LogP contribution in [0.1, 0.15) is 6.92 Å². The van der Waals surface area contributed by atoms with Crippen molar-refractivity contribution in [3.05, 3.63) is 40.3 Å². The highest BCUT2D eigenvalue weighted by Crippen LogP contribution is 2.40. The van der Waals surface area contributed by atoms with Gasteiger partial charge in [-0.15, -0.1) is 0 Å². The molecule has 32 heavy (non-hydrogen) atoms. The van der Waals surface area contributed by atoms with E-state index in [-0.39, 0.29) is 45.9 Å². The van der Waals surface area contributed by atoms with Crippen LogP contribution in [0.3, 0.4) is 0 Å². The zero-order chi connectivity index (χ0) is 23.6. The molecule has 0 spiro atoms. The lowest BCUT2D eigenvalue weighted by molar-refractivity contribution is -0.166. The van der Waals surface area contributed by atoms with Crippen LogP contribution in [-0.4, -0.2) is 49.1 Å². The highest BCUT2D eigenvalue weighted by molar-refractivity contribution is 6.36. The van der Waals surface area contributed by atoms with Gasteiger partial charge in [-0.05, 0) is 25.1 Å². The molecular formula is C20H18Cl2F3N3O4. The maximum Gasteiger partial charge on any atom is 0.272 e. The molecule has 1 aliphatic rings. The Morgan fingerprint density at radius 1 is 1.34 bits per heavy atom. The third kappa shape index (κ3) is 4.92. The summed E-state index contributed by atoms with van der Waals surface area (Å²) in [5.41, 5.74) is 5.49. The van der Waals surface area contributed by atoms with Crippen LogP contribution in [-0.2, 0) is 14.3 Å². The van der Waals surface area contributed by atoms with Crippen molar-refractivity contribution in [3.63, 3.8) is 0 Å². The number of nitrogens with zero attached hydrogens (tertiary/aromatic N) is 2. The first kappa shape index (κ1) is 24.1. The normalized spacial score (nSPS) is 17.7. The minimum atomic E-state index is -2.75. The Labute approximate surface area is 191 Å². The first-order valence-electron chi connectivity index (χ1n) is 9.42. The van der Waals surface area contributed by atoms with Gasteiger partial charge < -0.3 is 15.2 Å². The third-order valence-corrected chi connectivity index (χ3v) is 5.25. The Bertz CT molecular complexity index is 1040. The summed E-state index contributed by atoms with van der Waals surface area (Å²) in [5.74, 6) is -3.44. The van der Waals surface area contributed by atoms with Gasteiger partial charge in [-0.2, -0.15) is 0 Å². The molecule has 7 nitrogen and oxygen atoms in total. The largest absolute Gasteiger partial charge is 0.485 e. The van der Waals surface area contributed by atoms with Gasteiger partial charge in [-0.1, -0.05) is 23.2 Å². The summed E-state index contributed by atoms with van der Waals surface area (Å²) >= 11 is 12.1. The molecule has 2 N–H and O–H groups in total. The minimum absolute atomic E-state index is 0.0194. The Kier molecular flexibility index (Phi) is 7.47. The van der Waals surface area contributed by atoms with E-state index in [1.165, 1.54) is 18.3 Å². The number of halogens is 5. The number of primary amides is 1. The van der Waals surface area contributed by atoms with Gasteiger partial charge in [0.2, 0.25) is 11.8 Å². The Morgan fingerprint density at radius 2 is 2.06 bits per heavy atom. The Balaban J connectivity index is 1.94. The van der Waals surface area contributed by atoms with Crippen LogP contribution >= 0.6 is 23.2 Å². The van der Waals surface area contributed by atoms with Gasteiger partial charge >= 0.3 is 0 Å². The van der Waals surface area contributed by atoms with Gasteiger partial charge in [0.25, 0.3) is 6.43 Å². The maximum absolute atomic E-state index is 15.0. The van der Waals surface area contributed by atoms with E-state index in [1.54, 1.807) is 6.92 Å². The SMILES string of the molecule is CCN(C(=O)C1COC1C(N)=O)c1ncc(-c2cc(Cl)cc(Cl)c2OCC(F)F)cc1F. The first-order valence-corrected chi connectivity index (χ1v) is 10.2. The van der Waals surface area contributed by atoms with Gasteiger partial charge in [0, 0.05) is 28.9 Å². The summed E-state index contributed by atoms with van der Waals surface area (Å²) in [6.45, 7) is 0.730. The average molecular weight is 492 g/mol. The molecule has 0 saturated carbocycles. The number of hydrogen-bond acceptors (Lipinski definition) is 5. The smallest absolute Gasteiger partial charge is 0.272 e. The second-order valence-corrected chi connectivity index (χ2v) is 7.68. The highest BCUT2D eigenvalue weighted by atomic mass is 35.5. The molecule has 1 aromatic heterocycles. The maximum atomic E-state index is 15.0. The highest BCUT2D eigenvalue weighted by Gasteiger charge is 2.44. The number of amides is 2. The van der Waals surface area contributed by atoms with Crippen molar-refractivity contribution in [1.29, 1.82) is 0 Å². The Morgan fingerprint density at radius 3 is 2.59 bits per heavy atom. The van der Waals surface area contributed by atoms with Crippen molar-refractivity contribution in [1.82, 2.24) is 4.98 Å². The number of rotatable bonds is 8. The minimum Gasteiger partial charge on any atom is -0.485 e. The monoisotopic (exact) mass is 491 g/mol. The number of nitrogens with two attached hydrogens (primary N) is 1. The van der Waals surface area contributed by atoms with Gasteiger partial charge in [0.15, 0.2) is 11.6 Å². The summed E-state index contributed by atoms with van der Waals surface area (Å²) in [4.78, 5) is 29.2. The van der Waals surface area contributed by atoms with E-state index < -0.39 is 42.7 Å². The number of anilines is 1. The van der Waals surface area contributed by atoms with Crippen molar-refractivity contribution in [2.24, 2.45) is 11.7 Å².